The summed E-state index contributed by atoms with van der Waals surface area (Å²) in [6.45, 7) is 0.908. The van der Waals surface area contributed by atoms with Crippen molar-refractivity contribution in [2.24, 2.45) is 0 Å². The van der Waals surface area contributed by atoms with Gasteiger partial charge in [-0.25, -0.2) is 4.79 Å². The number of benzene rings is 2. The second-order valence-corrected chi connectivity index (χ2v) is 6.52. The molecule has 29 heavy (non-hydrogen) atoms. The van der Waals surface area contributed by atoms with Gasteiger partial charge in [-0.15, -0.1) is 13.2 Å². The van der Waals surface area contributed by atoms with Crippen molar-refractivity contribution in [3.63, 3.8) is 0 Å². The first kappa shape index (κ1) is 20.5. The first-order chi connectivity index (χ1) is 13.8. The highest BCUT2D eigenvalue weighted by Gasteiger charge is 2.31. The molecule has 0 aromatic heterocycles. The molecule has 2 aromatic carbocycles. The monoisotopic (exact) mass is 408 g/mol. The zero-order valence-electron chi connectivity index (χ0n) is 15.3. The zero-order chi connectivity index (χ0) is 20.9. The van der Waals surface area contributed by atoms with Gasteiger partial charge in [0.1, 0.15) is 12.4 Å². The van der Waals surface area contributed by atoms with Gasteiger partial charge >= 0.3 is 12.5 Å². The number of amides is 2. The van der Waals surface area contributed by atoms with Crippen LogP contribution in [0.1, 0.15) is 22.3 Å². The molecule has 1 aliphatic rings. The predicted octanol–water partition coefficient (Wildman–Crippen LogP) is 3.73. The number of nitrogens with zero attached hydrogens (tertiary/aromatic N) is 1. The fourth-order valence-corrected chi connectivity index (χ4v) is 2.93. The van der Waals surface area contributed by atoms with Gasteiger partial charge in [0.15, 0.2) is 0 Å². The average Bonchev–Trinajstić information content (AvgIpc) is 3.15. The molecule has 0 radical (unpaired) electrons. The highest BCUT2D eigenvalue weighted by Crippen LogP contribution is 2.23. The summed E-state index contributed by atoms with van der Waals surface area (Å²) >= 11 is 0. The first-order valence-electron chi connectivity index (χ1n) is 8.92. The number of hydrogen-bond acceptors (Lipinski definition) is 4. The second-order valence-electron chi connectivity index (χ2n) is 6.52. The minimum Gasteiger partial charge on any atom is -0.445 e. The molecular weight excluding hydrogens is 389 g/mol. The topological polar surface area (TPSA) is 67.9 Å². The van der Waals surface area contributed by atoms with E-state index in [4.69, 9.17) is 4.74 Å². The lowest BCUT2D eigenvalue weighted by Crippen LogP contribution is -2.38. The van der Waals surface area contributed by atoms with Gasteiger partial charge in [0.2, 0.25) is 0 Å². The molecule has 2 amide bonds. The van der Waals surface area contributed by atoms with E-state index >= 15 is 0 Å². The number of nitrogens with one attached hydrogen (secondary N) is 1. The lowest BCUT2D eigenvalue weighted by Gasteiger charge is -2.17. The Morgan fingerprint density at radius 2 is 1.76 bits per heavy atom. The van der Waals surface area contributed by atoms with E-state index < -0.39 is 24.1 Å². The van der Waals surface area contributed by atoms with Gasteiger partial charge in [-0.05, 0) is 36.2 Å². The Labute approximate surface area is 165 Å². The van der Waals surface area contributed by atoms with Crippen LogP contribution in [0.4, 0.5) is 18.0 Å². The highest BCUT2D eigenvalue weighted by atomic mass is 19.4. The van der Waals surface area contributed by atoms with Crippen LogP contribution in [0.5, 0.6) is 5.75 Å². The van der Waals surface area contributed by atoms with E-state index in [0.717, 1.165) is 17.7 Å². The lowest BCUT2D eigenvalue weighted by atomic mass is 10.2. The van der Waals surface area contributed by atoms with Crippen LogP contribution in [0.15, 0.2) is 54.6 Å². The normalized spacial score (nSPS) is 16.4. The Hall–Kier alpha value is -3.23. The van der Waals surface area contributed by atoms with Crippen molar-refractivity contribution in [2.45, 2.75) is 25.4 Å². The Kier molecular flexibility index (Phi) is 6.26. The Balaban J connectivity index is 1.46. The number of alkyl halides is 3. The summed E-state index contributed by atoms with van der Waals surface area (Å²) in [7, 11) is 0. The quantitative estimate of drug-likeness (QED) is 0.819. The van der Waals surface area contributed by atoms with Gasteiger partial charge < -0.3 is 19.7 Å². The van der Waals surface area contributed by atoms with Gasteiger partial charge in [0, 0.05) is 24.7 Å². The van der Waals surface area contributed by atoms with Crippen molar-refractivity contribution < 1.29 is 32.2 Å². The van der Waals surface area contributed by atoms with E-state index in [-0.39, 0.29) is 18.2 Å². The number of carbonyl (C=O) groups is 2. The second kappa shape index (κ2) is 8.85. The summed E-state index contributed by atoms with van der Waals surface area (Å²) in [5.41, 5.74) is 1.08. The first-order valence-corrected chi connectivity index (χ1v) is 8.92. The summed E-state index contributed by atoms with van der Waals surface area (Å²) in [6, 6.07) is 13.7. The molecule has 1 saturated heterocycles. The molecule has 154 valence electrons. The third kappa shape index (κ3) is 6.13. The van der Waals surface area contributed by atoms with Crippen LogP contribution >= 0.6 is 0 Å². The Morgan fingerprint density at radius 1 is 1.07 bits per heavy atom. The van der Waals surface area contributed by atoms with Gasteiger partial charge in [-0.3, -0.25) is 4.79 Å². The molecule has 0 aliphatic carbocycles. The standard InChI is InChI=1S/C20H19F3N2O4/c21-20(22,23)29-17-8-6-15(7-9-17)18(26)24-16-10-11-25(12-16)19(27)28-13-14-4-2-1-3-5-14/h1-9,16H,10-13H2,(H,24,26). The van der Waals surface area contributed by atoms with Crippen molar-refractivity contribution in [2.75, 3.05) is 13.1 Å². The van der Waals surface area contributed by atoms with Crippen LogP contribution in [-0.4, -0.2) is 42.4 Å². The van der Waals surface area contributed by atoms with Crippen LogP contribution < -0.4 is 10.1 Å². The minimum atomic E-state index is -4.79. The average molecular weight is 408 g/mol. The molecule has 6 nitrogen and oxygen atoms in total. The molecule has 0 spiro atoms. The third-order valence-corrected chi connectivity index (χ3v) is 4.34. The molecule has 2 aromatic rings. The number of halogens is 3. The van der Waals surface area contributed by atoms with Crippen LogP contribution in [0.3, 0.4) is 0 Å². The molecule has 1 heterocycles. The number of likely N-dealkylation sites (tertiary alicyclic amines) is 1. The molecule has 1 unspecified atom stereocenters. The summed E-state index contributed by atoms with van der Waals surface area (Å²) in [4.78, 5) is 25.9. The smallest absolute Gasteiger partial charge is 0.445 e. The van der Waals surface area contributed by atoms with Crippen molar-refractivity contribution in [1.82, 2.24) is 10.2 Å². The van der Waals surface area contributed by atoms with E-state index in [2.05, 4.69) is 10.1 Å². The number of ether oxygens (including phenoxy) is 2. The van der Waals surface area contributed by atoms with Crippen molar-refractivity contribution in [1.29, 1.82) is 0 Å². The van der Waals surface area contributed by atoms with Gasteiger partial charge in [-0.1, -0.05) is 30.3 Å². The van der Waals surface area contributed by atoms with E-state index in [1.807, 2.05) is 30.3 Å². The molecular formula is C20H19F3N2O4. The zero-order valence-corrected chi connectivity index (χ0v) is 15.3. The molecule has 1 atom stereocenters. The summed E-state index contributed by atoms with van der Waals surface area (Å²) in [6.07, 6.45) is -4.69. The number of rotatable bonds is 5. The van der Waals surface area contributed by atoms with E-state index in [1.165, 1.54) is 17.0 Å². The van der Waals surface area contributed by atoms with Crippen molar-refractivity contribution in [3.8, 4) is 5.75 Å². The van der Waals surface area contributed by atoms with E-state index in [1.54, 1.807) is 0 Å². The molecule has 1 fully saturated rings. The maximum absolute atomic E-state index is 12.3. The van der Waals surface area contributed by atoms with Crippen LogP contribution in [0, 0.1) is 0 Å². The third-order valence-electron chi connectivity index (χ3n) is 4.34. The van der Waals surface area contributed by atoms with Gasteiger partial charge in [0.05, 0.1) is 0 Å². The fraction of sp³-hybridized carbons (Fsp3) is 0.300. The van der Waals surface area contributed by atoms with Gasteiger partial charge in [0.25, 0.3) is 5.91 Å². The predicted molar refractivity (Wildman–Crippen MR) is 97.2 cm³/mol. The maximum atomic E-state index is 12.3. The minimum absolute atomic E-state index is 0.166. The van der Waals surface area contributed by atoms with E-state index in [0.29, 0.717) is 19.5 Å². The summed E-state index contributed by atoms with van der Waals surface area (Å²) in [5.74, 6) is -0.838. The molecule has 1 N–H and O–H groups in total. The molecule has 0 saturated carbocycles. The van der Waals surface area contributed by atoms with Crippen molar-refractivity contribution >= 4 is 12.0 Å². The molecule has 9 heteroatoms. The Bertz CT molecular complexity index is 841. The summed E-state index contributed by atoms with van der Waals surface area (Å²) in [5, 5.41) is 2.77. The summed E-state index contributed by atoms with van der Waals surface area (Å²) < 4.78 is 45.6. The Morgan fingerprint density at radius 3 is 2.41 bits per heavy atom. The van der Waals surface area contributed by atoms with Crippen LogP contribution in [0.2, 0.25) is 0 Å². The number of hydrogen-bond donors (Lipinski definition) is 1. The van der Waals surface area contributed by atoms with Crippen molar-refractivity contribution in [3.05, 3.63) is 65.7 Å². The lowest BCUT2D eigenvalue weighted by molar-refractivity contribution is -0.274. The van der Waals surface area contributed by atoms with Crippen LogP contribution in [0.25, 0.3) is 0 Å². The maximum Gasteiger partial charge on any atom is 0.573 e. The molecule has 0 bridgehead atoms. The number of carbonyl (C=O) groups excluding carboxylic acids is 2. The molecule has 1 aliphatic heterocycles. The SMILES string of the molecule is O=C(NC1CCN(C(=O)OCc2ccccc2)C1)c1ccc(OC(F)(F)F)cc1. The highest BCUT2D eigenvalue weighted by molar-refractivity contribution is 5.94. The largest absolute Gasteiger partial charge is 0.573 e. The molecule has 3 rings (SSSR count). The van der Waals surface area contributed by atoms with Gasteiger partial charge in [-0.2, -0.15) is 0 Å². The fourth-order valence-electron chi connectivity index (χ4n) is 2.93. The van der Waals surface area contributed by atoms with E-state index in [9.17, 15) is 22.8 Å². The van der Waals surface area contributed by atoms with Crippen LogP contribution in [-0.2, 0) is 11.3 Å².